The number of fused-ring (bicyclic) bond motifs is 3. The molecular weight excluding hydrogens is 562 g/mol. The summed E-state index contributed by atoms with van der Waals surface area (Å²) in [6.45, 7) is 6.56. The first kappa shape index (κ1) is 28.9. The van der Waals surface area contributed by atoms with Crippen molar-refractivity contribution in [3.05, 3.63) is 101 Å². The van der Waals surface area contributed by atoms with Crippen LogP contribution in [0.3, 0.4) is 0 Å². The minimum absolute atomic E-state index is 0.0383. The van der Waals surface area contributed by atoms with E-state index in [9.17, 15) is 0 Å². The molecule has 230 valence electrons. The van der Waals surface area contributed by atoms with Crippen LogP contribution in [0, 0.1) is 13.8 Å². The number of aryl methyl sites for hydroxylation is 1. The quantitative estimate of drug-likeness (QED) is 0.181. The van der Waals surface area contributed by atoms with Gasteiger partial charge in [0.05, 0.1) is 30.9 Å². The highest BCUT2D eigenvalue weighted by atomic mass is 16.5. The molecule has 0 amide bonds. The molecule has 1 saturated heterocycles. The number of benzene rings is 3. The Morgan fingerprint density at radius 2 is 1.62 bits per heavy atom. The van der Waals surface area contributed by atoms with E-state index in [1.54, 1.807) is 14.2 Å². The van der Waals surface area contributed by atoms with E-state index in [0.29, 0.717) is 6.54 Å². The summed E-state index contributed by atoms with van der Waals surface area (Å²) in [6.07, 6.45) is 5.04. The van der Waals surface area contributed by atoms with Crippen LogP contribution in [-0.2, 0) is 17.8 Å². The summed E-state index contributed by atoms with van der Waals surface area (Å²) in [4.78, 5) is 5.28. The molecule has 0 aliphatic carbocycles. The Balaban J connectivity index is 1.36. The Hall–Kier alpha value is -4.82. The highest BCUT2D eigenvalue weighted by Gasteiger charge is 2.22. The molecule has 3 aromatic heterocycles. The van der Waals surface area contributed by atoms with Crippen molar-refractivity contribution in [3.8, 4) is 22.8 Å². The Bertz CT molecular complexity index is 1950. The van der Waals surface area contributed by atoms with Gasteiger partial charge in [-0.1, -0.05) is 36.4 Å². The molecule has 6 aromatic rings. The third-order valence-electron chi connectivity index (χ3n) is 9.06. The lowest BCUT2D eigenvalue weighted by molar-refractivity contribution is -0.0383. The van der Waals surface area contributed by atoms with Gasteiger partial charge in [0, 0.05) is 47.9 Å². The van der Waals surface area contributed by atoms with Crippen molar-refractivity contribution in [2.75, 3.05) is 26.1 Å². The summed E-state index contributed by atoms with van der Waals surface area (Å²) < 4.78 is 21.3. The van der Waals surface area contributed by atoms with Crippen LogP contribution in [0.5, 0.6) is 11.5 Å². The minimum Gasteiger partial charge on any atom is -0.497 e. The van der Waals surface area contributed by atoms with Crippen molar-refractivity contribution in [2.45, 2.75) is 52.4 Å². The van der Waals surface area contributed by atoms with Crippen LogP contribution in [0.4, 0.5) is 5.82 Å². The number of methoxy groups -OCH3 is 2. The number of hydrogen-bond donors (Lipinski definition) is 1. The van der Waals surface area contributed by atoms with E-state index in [0.717, 1.165) is 82.8 Å². The topological polar surface area (TPSA) is 75.4 Å². The number of ether oxygens (including phenoxy) is 3. The fourth-order valence-corrected chi connectivity index (χ4v) is 6.45. The molecule has 0 bridgehead atoms. The second kappa shape index (κ2) is 12.3. The Morgan fingerprint density at radius 1 is 0.889 bits per heavy atom. The molecule has 8 nitrogen and oxygen atoms in total. The summed E-state index contributed by atoms with van der Waals surface area (Å²) in [5.41, 5.74) is 9.04. The van der Waals surface area contributed by atoms with Gasteiger partial charge in [-0.3, -0.25) is 0 Å². The van der Waals surface area contributed by atoms with Gasteiger partial charge in [-0.15, -0.1) is 0 Å². The van der Waals surface area contributed by atoms with E-state index in [2.05, 4.69) is 77.4 Å². The third kappa shape index (κ3) is 5.51. The van der Waals surface area contributed by atoms with Crippen LogP contribution in [0.1, 0.15) is 47.9 Å². The van der Waals surface area contributed by atoms with Gasteiger partial charge in [0.1, 0.15) is 17.3 Å². The van der Waals surface area contributed by atoms with Crippen molar-refractivity contribution in [1.29, 1.82) is 0 Å². The zero-order valence-corrected chi connectivity index (χ0v) is 26.3. The average Bonchev–Trinajstić information content (AvgIpc) is 3.68. The summed E-state index contributed by atoms with van der Waals surface area (Å²) >= 11 is 0. The first-order valence-electron chi connectivity index (χ1n) is 15.6. The maximum Gasteiger partial charge on any atom is 0.150 e. The summed E-state index contributed by atoms with van der Waals surface area (Å²) in [6, 6.07) is 25.2. The van der Waals surface area contributed by atoms with Crippen molar-refractivity contribution in [2.24, 2.45) is 0 Å². The number of aromatic nitrogens is 4. The van der Waals surface area contributed by atoms with Gasteiger partial charge in [0.15, 0.2) is 6.23 Å². The van der Waals surface area contributed by atoms with E-state index in [1.165, 1.54) is 22.3 Å². The molecule has 8 heteroatoms. The lowest BCUT2D eigenvalue weighted by Crippen LogP contribution is -2.19. The van der Waals surface area contributed by atoms with E-state index < -0.39 is 0 Å². The van der Waals surface area contributed by atoms with Gasteiger partial charge >= 0.3 is 0 Å². The molecule has 0 spiro atoms. The zero-order valence-electron chi connectivity index (χ0n) is 26.3. The predicted molar refractivity (Wildman–Crippen MR) is 179 cm³/mol. The number of rotatable bonds is 9. The largest absolute Gasteiger partial charge is 0.497 e. The van der Waals surface area contributed by atoms with E-state index >= 15 is 0 Å². The summed E-state index contributed by atoms with van der Waals surface area (Å²) in [5, 5.41) is 10.6. The molecule has 0 radical (unpaired) electrons. The number of pyridine rings is 1. The summed E-state index contributed by atoms with van der Waals surface area (Å²) in [7, 11) is 3.39. The molecule has 1 aliphatic heterocycles. The molecule has 45 heavy (non-hydrogen) atoms. The van der Waals surface area contributed by atoms with Crippen LogP contribution in [0.25, 0.3) is 33.1 Å². The fourth-order valence-electron chi connectivity index (χ4n) is 6.45. The lowest BCUT2D eigenvalue weighted by Gasteiger charge is -2.24. The van der Waals surface area contributed by atoms with Crippen molar-refractivity contribution in [3.63, 3.8) is 0 Å². The van der Waals surface area contributed by atoms with E-state index in [1.807, 2.05) is 35.1 Å². The Morgan fingerprint density at radius 3 is 2.31 bits per heavy atom. The molecule has 1 unspecified atom stereocenters. The average molecular weight is 602 g/mol. The first-order chi connectivity index (χ1) is 22.0. The number of anilines is 1. The minimum atomic E-state index is -0.0383. The smallest absolute Gasteiger partial charge is 0.150 e. The van der Waals surface area contributed by atoms with Gasteiger partial charge < -0.3 is 24.1 Å². The van der Waals surface area contributed by atoms with Gasteiger partial charge in [0.2, 0.25) is 0 Å². The predicted octanol–water partition coefficient (Wildman–Crippen LogP) is 8.05. The van der Waals surface area contributed by atoms with Crippen LogP contribution < -0.4 is 14.8 Å². The second-order valence-electron chi connectivity index (χ2n) is 11.7. The Kier molecular flexibility index (Phi) is 7.90. The maximum absolute atomic E-state index is 6.10. The summed E-state index contributed by atoms with van der Waals surface area (Å²) in [5.74, 6) is 2.58. The first-order valence-corrected chi connectivity index (χ1v) is 15.6. The fraction of sp³-hybridized carbons (Fsp3) is 0.297. The molecule has 1 aliphatic rings. The number of hydrogen-bond acceptors (Lipinski definition) is 6. The van der Waals surface area contributed by atoms with Crippen LogP contribution in [-0.4, -0.2) is 40.2 Å². The standard InChI is InChI=1S/C37H39N5O3/c1-24-25(2)41(23-27-10-15-30(44-4)16-11-27)36-31-17-12-28(33-18-19-39-42(33)34-7-5-6-20-45-34)21-32(31)40-37(35(24)36)38-22-26-8-13-29(43-3)14-9-26/h8-19,21,34H,5-7,20,22-23H2,1-4H3,(H,38,40). The molecule has 7 rings (SSSR count). The monoisotopic (exact) mass is 601 g/mol. The maximum atomic E-state index is 6.10. The third-order valence-corrected chi connectivity index (χ3v) is 9.06. The molecule has 1 fully saturated rings. The molecule has 0 saturated carbocycles. The van der Waals surface area contributed by atoms with Crippen LogP contribution in [0.2, 0.25) is 0 Å². The van der Waals surface area contributed by atoms with Crippen molar-refractivity contribution >= 4 is 27.6 Å². The van der Waals surface area contributed by atoms with Gasteiger partial charge in [-0.2, -0.15) is 5.10 Å². The number of nitrogens with zero attached hydrogens (tertiary/aromatic N) is 4. The van der Waals surface area contributed by atoms with E-state index in [-0.39, 0.29) is 6.23 Å². The molecule has 1 atom stereocenters. The molecule has 3 aromatic carbocycles. The lowest BCUT2D eigenvalue weighted by atomic mass is 10.0. The van der Waals surface area contributed by atoms with Gasteiger partial charge in [0.25, 0.3) is 0 Å². The SMILES string of the molecule is COc1ccc(CNc2nc3cc(-c4ccnn4C4CCCCO4)ccc3c3c2c(C)c(C)n3Cc2ccc(OC)cc2)cc1. The van der Waals surface area contributed by atoms with Crippen LogP contribution in [0.15, 0.2) is 79.0 Å². The highest BCUT2D eigenvalue weighted by molar-refractivity contribution is 6.11. The van der Waals surface area contributed by atoms with Crippen LogP contribution >= 0.6 is 0 Å². The van der Waals surface area contributed by atoms with E-state index in [4.69, 9.17) is 19.2 Å². The highest BCUT2D eigenvalue weighted by Crippen LogP contribution is 2.38. The van der Waals surface area contributed by atoms with Gasteiger partial charge in [-0.05, 0) is 86.2 Å². The molecule has 4 heterocycles. The number of nitrogens with one attached hydrogen (secondary N) is 1. The molecular formula is C37H39N5O3. The van der Waals surface area contributed by atoms with Gasteiger partial charge in [-0.25, -0.2) is 9.67 Å². The normalized spacial score (nSPS) is 15.1. The second-order valence-corrected chi connectivity index (χ2v) is 11.7. The molecule has 1 N–H and O–H groups in total. The van der Waals surface area contributed by atoms with Crippen molar-refractivity contribution < 1.29 is 14.2 Å². The van der Waals surface area contributed by atoms with Crippen molar-refractivity contribution in [1.82, 2.24) is 19.3 Å². The Labute approximate surface area is 263 Å². The zero-order chi connectivity index (χ0) is 30.9.